The number of piperazine rings is 1. The highest BCUT2D eigenvalue weighted by atomic mass is 32.1. The van der Waals surface area contributed by atoms with Crippen molar-refractivity contribution < 1.29 is 0 Å². The summed E-state index contributed by atoms with van der Waals surface area (Å²) in [5.41, 5.74) is 12.2. The predicted octanol–water partition coefficient (Wildman–Crippen LogP) is 2.39. The molecule has 3 heterocycles. The van der Waals surface area contributed by atoms with Gasteiger partial charge < -0.3 is 20.4 Å². The number of nitrogens with one attached hydrogen (secondary N) is 1. The molecule has 3 N–H and O–H groups in total. The number of nitrogens with two attached hydrogens (primary N) is 1. The molecule has 4 rings (SSSR count). The minimum atomic E-state index is 0.346. The molecule has 0 atom stereocenters. The third-order valence-electron chi connectivity index (χ3n) is 5.69. The second kappa shape index (κ2) is 9.75. The first kappa shape index (κ1) is 20.4. The van der Waals surface area contributed by atoms with Crippen LogP contribution in [-0.4, -0.2) is 60.1 Å². The number of piperidine rings is 1. The molecule has 0 spiro atoms. The first-order chi connectivity index (χ1) is 14.7. The molecule has 2 aliphatic rings. The van der Waals surface area contributed by atoms with Gasteiger partial charge in [0.15, 0.2) is 10.9 Å². The Morgan fingerprint density at radius 3 is 2.27 bits per heavy atom. The number of thiocarbonyl (C=S) groups is 1. The van der Waals surface area contributed by atoms with Crippen LogP contribution in [0.1, 0.15) is 25.0 Å². The molecule has 0 aliphatic carbocycles. The minimum Gasteiger partial charge on any atom is -0.380 e. The predicted molar refractivity (Wildman–Crippen MR) is 127 cm³/mol. The van der Waals surface area contributed by atoms with E-state index < -0.39 is 0 Å². The summed E-state index contributed by atoms with van der Waals surface area (Å²) < 4.78 is 0. The quantitative estimate of drug-likeness (QED) is 0.339. The fourth-order valence-corrected chi connectivity index (χ4v) is 4.18. The fourth-order valence-electron chi connectivity index (χ4n) is 3.95. The number of para-hydroxylation sites is 1. The molecule has 2 fully saturated rings. The Bertz CT molecular complexity index is 872. The fraction of sp³-hybridized carbons (Fsp3) is 0.409. The van der Waals surface area contributed by atoms with Gasteiger partial charge in [0.2, 0.25) is 0 Å². The lowest BCUT2D eigenvalue weighted by atomic mass is 10.1. The molecule has 1 aromatic heterocycles. The number of hydrazone groups is 1. The van der Waals surface area contributed by atoms with Crippen molar-refractivity contribution in [3.05, 3.63) is 54.4 Å². The van der Waals surface area contributed by atoms with Gasteiger partial charge in [-0.15, -0.1) is 0 Å². The van der Waals surface area contributed by atoms with E-state index in [1.54, 1.807) is 6.20 Å². The van der Waals surface area contributed by atoms with Gasteiger partial charge in [0.05, 0.1) is 0 Å². The minimum absolute atomic E-state index is 0.346. The second-order valence-electron chi connectivity index (χ2n) is 7.67. The van der Waals surface area contributed by atoms with Gasteiger partial charge in [0.25, 0.3) is 0 Å². The third kappa shape index (κ3) is 4.99. The summed E-state index contributed by atoms with van der Waals surface area (Å²) in [4.78, 5) is 11.3. The van der Waals surface area contributed by atoms with Gasteiger partial charge >= 0.3 is 0 Å². The molecule has 158 valence electrons. The number of anilines is 2. The summed E-state index contributed by atoms with van der Waals surface area (Å²) in [6.45, 7) is 5.82. The van der Waals surface area contributed by atoms with Crippen molar-refractivity contribution in [1.29, 1.82) is 0 Å². The maximum absolute atomic E-state index is 6.19. The highest BCUT2D eigenvalue weighted by Gasteiger charge is 2.18. The van der Waals surface area contributed by atoms with E-state index in [9.17, 15) is 0 Å². The molecule has 2 aliphatic heterocycles. The normalized spacial score (nSPS) is 17.7. The summed E-state index contributed by atoms with van der Waals surface area (Å²) in [5.74, 6) is 0.346. The van der Waals surface area contributed by atoms with Crippen LogP contribution in [0.25, 0.3) is 0 Å². The van der Waals surface area contributed by atoms with Crippen molar-refractivity contribution in [3.63, 3.8) is 0 Å². The van der Waals surface area contributed by atoms with Crippen molar-refractivity contribution in [2.75, 3.05) is 49.1 Å². The van der Waals surface area contributed by atoms with E-state index >= 15 is 0 Å². The van der Waals surface area contributed by atoms with E-state index in [-0.39, 0.29) is 0 Å². The molecule has 0 amide bonds. The molecule has 0 saturated carbocycles. The average Bonchev–Trinajstić information content (AvgIpc) is 2.83. The zero-order valence-electron chi connectivity index (χ0n) is 17.2. The lowest BCUT2D eigenvalue weighted by molar-refractivity contribution is 0.338. The van der Waals surface area contributed by atoms with E-state index in [1.165, 1.54) is 24.9 Å². The first-order valence-electron chi connectivity index (χ1n) is 10.6. The van der Waals surface area contributed by atoms with Gasteiger partial charge in [-0.05, 0) is 55.7 Å². The number of rotatable bonds is 4. The van der Waals surface area contributed by atoms with Crippen LogP contribution in [0.5, 0.6) is 0 Å². The van der Waals surface area contributed by atoms with Crippen molar-refractivity contribution in [2.45, 2.75) is 19.3 Å². The average molecular weight is 424 g/mol. The second-order valence-corrected chi connectivity index (χ2v) is 8.06. The smallest absolute Gasteiger partial charge is 0.189 e. The maximum atomic E-state index is 6.19. The lowest BCUT2D eigenvalue weighted by Crippen LogP contribution is -2.46. The maximum Gasteiger partial charge on any atom is 0.189 e. The Morgan fingerprint density at radius 1 is 0.900 bits per heavy atom. The van der Waals surface area contributed by atoms with Gasteiger partial charge in [0.1, 0.15) is 5.69 Å². The summed E-state index contributed by atoms with van der Waals surface area (Å²) in [7, 11) is 0. The monoisotopic (exact) mass is 423 g/mol. The van der Waals surface area contributed by atoms with Crippen molar-refractivity contribution >= 4 is 34.5 Å². The van der Waals surface area contributed by atoms with Crippen LogP contribution in [0, 0.1) is 0 Å². The number of amidine groups is 1. The van der Waals surface area contributed by atoms with E-state index in [4.69, 9.17) is 18.0 Å². The highest BCUT2D eigenvalue weighted by Crippen LogP contribution is 2.20. The van der Waals surface area contributed by atoms with Crippen LogP contribution in [0.2, 0.25) is 0 Å². The van der Waals surface area contributed by atoms with Gasteiger partial charge in [-0.25, -0.2) is 0 Å². The zero-order valence-corrected chi connectivity index (χ0v) is 18.0. The molecule has 0 unspecified atom stereocenters. The zero-order chi connectivity index (χ0) is 20.8. The summed E-state index contributed by atoms with van der Waals surface area (Å²) in [6.07, 6.45) is 5.39. The number of benzene rings is 1. The Labute approximate surface area is 183 Å². The summed E-state index contributed by atoms with van der Waals surface area (Å²) in [6, 6.07) is 14.6. The van der Waals surface area contributed by atoms with Gasteiger partial charge in [-0.3, -0.25) is 10.4 Å². The molecule has 30 heavy (non-hydrogen) atoms. The van der Waals surface area contributed by atoms with Crippen LogP contribution in [-0.2, 0) is 0 Å². The molecule has 8 heteroatoms. The van der Waals surface area contributed by atoms with Crippen LogP contribution in [0.15, 0.2) is 53.8 Å². The summed E-state index contributed by atoms with van der Waals surface area (Å²) >= 11 is 5.44. The molecule has 2 aromatic rings. The van der Waals surface area contributed by atoms with Gasteiger partial charge in [0, 0.05) is 56.8 Å². The standard InChI is InChI=1S/C22H29N7S/c23-21(25-26-22(30)29-11-5-2-6-12-29)20-17-19(9-10-24-20)28-15-13-27(14-16-28)18-7-3-1-4-8-18/h1,3-4,7-10,17H,2,5-6,11-16H2,(H2,23,25)(H,26,30). The molecule has 1 aromatic carbocycles. The number of pyridine rings is 1. The number of nitrogens with zero attached hydrogens (tertiary/aromatic N) is 5. The first-order valence-corrected chi connectivity index (χ1v) is 11.0. The molecular formula is C22H29N7S. The summed E-state index contributed by atoms with van der Waals surface area (Å²) in [5, 5.41) is 4.91. The Kier molecular flexibility index (Phi) is 6.63. The molecule has 7 nitrogen and oxygen atoms in total. The Hall–Kier alpha value is -2.87. The van der Waals surface area contributed by atoms with Crippen LogP contribution in [0.3, 0.4) is 0 Å². The topological polar surface area (TPSA) is 73.0 Å². The van der Waals surface area contributed by atoms with Gasteiger partial charge in [-0.2, -0.15) is 5.10 Å². The molecule has 0 bridgehead atoms. The van der Waals surface area contributed by atoms with Crippen molar-refractivity contribution in [3.8, 4) is 0 Å². The van der Waals surface area contributed by atoms with Crippen LogP contribution in [0.4, 0.5) is 11.4 Å². The number of hydrogen-bond acceptors (Lipinski definition) is 5. The van der Waals surface area contributed by atoms with E-state index in [0.717, 1.165) is 45.0 Å². The number of likely N-dealkylation sites (tertiary alicyclic amines) is 1. The molecular weight excluding hydrogens is 394 g/mol. The Balaban J connectivity index is 1.36. The van der Waals surface area contributed by atoms with Crippen molar-refractivity contribution in [1.82, 2.24) is 15.3 Å². The van der Waals surface area contributed by atoms with Gasteiger partial charge in [-0.1, -0.05) is 18.2 Å². The molecule has 2 saturated heterocycles. The van der Waals surface area contributed by atoms with Crippen molar-refractivity contribution in [2.24, 2.45) is 10.8 Å². The SMILES string of the molecule is N/C(=N\NC(=S)N1CCCCC1)c1cc(N2CCN(c3ccccc3)CC2)ccn1. The van der Waals surface area contributed by atoms with Crippen LogP contribution >= 0.6 is 12.2 Å². The van der Waals surface area contributed by atoms with E-state index in [2.05, 4.69) is 60.5 Å². The third-order valence-corrected chi connectivity index (χ3v) is 6.04. The number of aromatic nitrogens is 1. The molecule has 0 radical (unpaired) electrons. The number of hydrogen-bond donors (Lipinski definition) is 2. The lowest BCUT2D eigenvalue weighted by Gasteiger charge is -2.37. The van der Waals surface area contributed by atoms with Crippen LogP contribution < -0.4 is 21.0 Å². The largest absolute Gasteiger partial charge is 0.380 e. The van der Waals surface area contributed by atoms with E-state index in [1.807, 2.05) is 12.1 Å². The Morgan fingerprint density at radius 2 is 1.57 bits per heavy atom. The highest BCUT2D eigenvalue weighted by molar-refractivity contribution is 7.80. The van der Waals surface area contributed by atoms with E-state index in [0.29, 0.717) is 16.6 Å².